The number of carbonyl (C=O) groups is 2. The second-order valence-electron chi connectivity index (χ2n) is 5.38. The van der Waals surface area contributed by atoms with E-state index in [1.807, 2.05) is 0 Å². The van der Waals surface area contributed by atoms with E-state index in [4.69, 9.17) is 5.73 Å². The molecule has 1 aliphatic heterocycles. The van der Waals surface area contributed by atoms with Gasteiger partial charge in [0.15, 0.2) is 5.69 Å². The number of nitrogens with one attached hydrogen (secondary N) is 1. The van der Waals surface area contributed by atoms with Crippen molar-refractivity contribution in [2.24, 2.45) is 0 Å². The molecule has 0 bridgehead atoms. The molecule has 1 saturated heterocycles. The van der Waals surface area contributed by atoms with Gasteiger partial charge in [0.05, 0.1) is 5.69 Å². The largest absolute Gasteiger partial charge is 0.397 e. The van der Waals surface area contributed by atoms with Crippen molar-refractivity contribution in [3.05, 3.63) is 24.0 Å². The third-order valence-electron chi connectivity index (χ3n) is 3.78. The maximum atomic E-state index is 12.5. The molecule has 2 aliphatic rings. The van der Waals surface area contributed by atoms with Gasteiger partial charge >= 0.3 is 0 Å². The number of aromatic nitrogens is 1. The number of hydrogen-bond donors (Lipinski definition) is 2. The summed E-state index contributed by atoms with van der Waals surface area (Å²) >= 11 is 0. The number of amides is 2. The van der Waals surface area contributed by atoms with Gasteiger partial charge in [0.25, 0.3) is 5.91 Å². The van der Waals surface area contributed by atoms with E-state index in [0.29, 0.717) is 24.7 Å². The summed E-state index contributed by atoms with van der Waals surface area (Å²) in [6, 6.07) is 3.26. The van der Waals surface area contributed by atoms with Gasteiger partial charge in [-0.2, -0.15) is 0 Å². The average molecular weight is 274 g/mol. The number of rotatable bonds is 3. The molecule has 6 nitrogen and oxygen atoms in total. The predicted octanol–water partition coefficient (Wildman–Crippen LogP) is 0.547. The highest BCUT2D eigenvalue weighted by Crippen LogP contribution is 2.24. The molecule has 0 spiro atoms. The van der Waals surface area contributed by atoms with Crippen LogP contribution in [0.2, 0.25) is 0 Å². The number of likely N-dealkylation sites (tertiary alicyclic amines) is 1. The second kappa shape index (κ2) is 5.11. The molecule has 1 aromatic heterocycles. The molecule has 106 valence electrons. The molecule has 1 aromatic rings. The minimum absolute atomic E-state index is 0.0483. The van der Waals surface area contributed by atoms with Gasteiger partial charge in [-0.25, -0.2) is 4.98 Å². The predicted molar refractivity (Wildman–Crippen MR) is 73.9 cm³/mol. The number of nitrogens with zero attached hydrogens (tertiary/aromatic N) is 2. The molecular formula is C14H18N4O2. The van der Waals surface area contributed by atoms with Crippen molar-refractivity contribution in [2.45, 2.75) is 37.8 Å². The highest BCUT2D eigenvalue weighted by Gasteiger charge is 2.37. The zero-order chi connectivity index (χ0) is 14.1. The van der Waals surface area contributed by atoms with Gasteiger partial charge in [-0.05, 0) is 37.8 Å². The zero-order valence-corrected chi connectivity index (χ0v) is 11.2. The Bertz CT molecular complexity index is 542. The maximum absolute atomic E-state index is 12.5. The third-order valence-corrected chi connectivity index (χ3v) is 3.78. The summed E-state index contributed by atoms with van der Waals surface area (Å²) in [6.07, 6.45) is 5.16. The molecular weight excluding hydrogens is 256 g/mol. The number of nitrogens with two attached hydrogens (primary N) is 1. The van der Waals surface area contributed by atoms with Crippen LogP contribution in [-0.4, -0.2) is 40.3 Å². The molecule has 3 N–H and O–H groups in total. The highest BCUT2D eigenvalue weighted by molar-refractivity contribution is 6.00. The molecule has 20 heavy (non-hydrogen) atoms. The summed E-state index contributed by atoms with van der Waals surface area (Å²) in [6.45, 7) is 0.581. The molecule has 2 heterocycles. The molecule has 1 saturated carbocycles. The van der Waals surface area contributed by atoms with Crippen LogP contribution in [0.4, 0.5) is 5.69 Å². The van der Waals surface area contributed by atoms with Crippen LogP contribution in [0.25, 0.3) is 0 Å². The fourth-order valence-corrected chi connectivity index (χ4v) is 2.54. The quantitative estimate of drug-likeness (QED) is 0.842. The van der Waals surface area contributed by atoms with Gasteiger partial charge in [0.2, 0.25) is 5.91 Å². The molecule has 6 heteroatoms. The molecule has 0 radical (unpaired) electrons. The zero-order valence-electron chi connectivity index (χ0n) is 11.2. The SMILES string of the molecule is Nc1cccnc1C(=O)N1CCCC1C(=O)NC1CC1. The lowest BCUT2D eigenvalue weighted by atomic mass is 10.2. The van der Waals surface area contributed by atoms with Crippen molar-refractivity contribution < 1.29 is 9.59 Å². The van der Waals surface area contributed by atoms with Gasteiger partial charge < -0.3 is 16.0 Å². The lowest BCUT2D eigenvalue weighted by molar-refractivity contribution is -0.125. The van der Waals surface area contributed by atoms with E-state index >= 15 is 0 Å². The lowest BCUT2D eigenvalue weighted by Crippen LogP contribution is -2.46. The van der Waals surface area contributed by atoms with Crippen LogP contribution in [0, 0.1) is 0 Å². The first-order chi connectivity index (χ1) is 9.66. The van der Waals surface area contributed by atoms with Crippen molar-refractivity contribution in [2.75, 3.05) is 12.3 Å². The number of pyridine rings is 1. The van der Waals surface area contributed by atoms with Gasteiger partial charge in [-0.1, -0.05) is 0 Å². The van der Waals surface area contributed by atoms with Gasteiger partial charge in [-0.3, -0.25) is 9.59 Å². The topological polar surface area (TPSA) is 88.3 Å². The fraction of sp³-hybridized carbons (Fsp3) is 0.500. The molecule has 1 aliphatic carbocycles. The lowest BCUT2D eigenvalue weighted by Gasteiger charge is -2.24. The minimum Gasteiger partial charge on any atom is -0.397 e. The van der Waals surface area contributed by atoms with Gasteiger partial charge in [-0.15, -0.1) is 0 Å². The van der Waals surface area contributed by atoms with Crippen LogP contribution in [0.15, 0.2) is 18.3 Å². The molecule has 2 amide bonds. The van der Waals surface area contributed by atoms with E-state index < -0.39 is 0 Å². The summed E-state index contributed by atoms with van der Waals surface area (Å²) in [4.78, 5) is 30.3. The maximum Gasteiger partial charge on any atom is 0.275 e. The Morgan fingerprint density at radius 1 is 1.35 bits per heavy atom. The Kier molecular flexibility index (Phi) is 3.30. The minimum atomic E-state index is -0.385. The number of nitrogen functional groups attached to an aromatic ring is 1. The molecule has 1 unspecified atom stereocenters. The fourth-order valence-electron chi connectivity index (χ4n) is 2.54. The molecule has 1 atom stereocenters. The van der Waals surface area contributed by atoms with Crippen molar-refractivity contribution in [1.29, 1.82) is 0 Å². The van der Waals surface area contributed by atoms with E-state index in [9.17, 15) is 9.59 Å². The first kappa shape index (κ1) is 12.9. The van der Waals surface area contributed by atoms with Crippen molar-refractivity contribution in [3.63, 3.8) is 0 Å². The summed E-state index contributed by atoms with van der Waals surface area (Å²) < 4.78 is 0. The number of hydrogen-bond acceptors (Lipinski definition) is 4. The van der Waals surface area contributed by atoms with Gasteiger partial charge in [0.1, 0.15) is 6.04 Å². The normalized spacial score (nSPS) is 21.8. The van der Waals surface area contributed by atoms with Crippen LogP contribution >= 0.6 is 0 Å². The first-order valence-corrected chi connectivity index (χ1v) is 6.98. The Labute approximate surface area is 117 Å². The standard InChI is InChI=1S/C14H18N4O2/c15-10-3-1-7-16-12(10)14(20)18-8-2-4-11(18)13(19)17-9-5-6-9/h1,3,7,9,11H,2,4-6,8,15H2,(H,17,19). The van der Waals surface area contributed by atoms with Crippen LogP contribution in [0.5, 0.6) is 0 Å². The van der Waals surface area contributed by atoms with Crippen LogP contribution < -0.4 is 11.1 Å². The average Bonchev–Trinajstić information content (AvgIpc) is 3.11. The summed E-state index contributed by atoms with van der Waals surface area (Å²) in [5.41, 5.74) is 6.38. The Hall–Kier alpha value is -2.11. The van der Waals surface area contributed by atoms with Crippen molar-refractivity contribution in [3.8, 4) is 0 Å². The van der Waals surface area contributed by atoms with Crippen molar-refractivity contribution >= 4 is 17.5 Å². The van der Waals surface area contributed by atoms with E-state index in [-0.39, 0.29) is 23.6 Å². The van der Waals surface area contributed by atoms with E-state index in [1.165, 1.54) is 0 Å². The van der Waals surface area contributed by atoms with Crippen LogP contribution in [-0.2, 0) is 4.79 Å². The summed E-state index contributed by atoms with van der Waals surface area (Å²) in [5.74, 6) is -0.301. The first-order valence-electron chi connectivity index (χ1n) is 6.98. The van der Waals surface area contributed by atoms with Crippen LogP contribution in [0.3, 0.4) is 0 Å². The molecule has 0 aromatic carbocycles. The molecule has 3 rings (SSSR count). The highest BCUT2D eigenvalue weighted by atomic mass is 16.2. The van der Waals surface area contributed by atoms with E-state index in [1.54, 1.807) is 23.2 Å². The Morgan fingerprint density at radius 2 is 2.15 bits per heavy atom. The van der Waals surface area contributed by atoms with E-state index in [0.717, 1.165) is 19.3 Å². The number of carbonyl (C=O) groups excluding carboxylic acids is 2. The van der Waals surface area contributed by atoms with E-state index in [2.05, 4.69) is 10.3 Å². The summed E-state index contributed by atoms with van der Waals surface area (Å²) in [7, 11) is 0. The van der Waals surface area contributed by atoms with Crippen molar-refractivity contribution in [1.82, 2.24) is 15.2 Å². The number of anilines is 1. The Morgan fingerprint density at radius 3 is 2.85 bits per heavy atom. The van der Waals surface area contributed by atoms with Crippen LogP contribution in [0.1, 0.15) is 36.2 Å². The smallest absolute Gasteiger partial charge is 0.275 e. The molecule has 2 fully saturated rings. The second-order valence-corrected chi connectivity index (χ2v) is 5.38. The van der Waals surface area contributed by atoms with Gasteiger partial charge in [0, 0.05) is 18.8 Å². The summed E-state index contributed by atoms with van der Waals surface area (Å²) in [5, 5.41) is 2.96. The third kappa shape index (κ3) is 2.45. The monoisotopic (exact) mass is 274 g/mol. The Balaban J connectivity index is 1.76.